The number of carbonyl (C=O) groups excluding carboxylic acids is 1. The molecule has 0 aliphatic rings. The Morgan fingerprint density at radius 1 is 1.00 bits per heavy atom. The van der Waals surface area contributed by atoms with Crippen molar-refractivity contribution in [2.45, 2.75) is 0 Å². The summed E-state index contributed by atoms with van der Waals surface area (Å²) in [6, 6.07) is 9.52. The predicted molar refractivity (Wildman–Crippen MR) is 98.4 cm³/mol. The maximum atomic E-state index is 12.2. The van der Waals surface area contributed by atoms with Crippen LogP contribution in [0.2, 0.25) is 0 Å². The number of H-pyrrole nitrogens is 1. The number of fused-ring (bicyclic) bond motifs is 1. The average Bonchev–Trinajstić information content (AvgIpc) is 3.11. The molecule has 26 heavy (non-hydrogen) atoms. The normalized spacial score (nSPS) is 10.8. The molecule has 0 atom stereocenters. The summed E-state index contributed by atoms with van der Waals surface area (Å²) in [5, 5.41) is 8.12. The second-order valence-corrected chi connectivity index (χ2v) is 6.10. The molecule has 7 nitrogen and oxygen atoms in total. The highest BCUT2D eigenvalue weighted by Crippen LogP contribution is 2.28. The summed E-state index contributed by atoms with van der Waals surface area (Å²) in [5.74, 6) is -0.0358. The fourth-order valence-corrected chi connectivity index (χ4v) is 2.80. The molecule has 128 valence electrons. The van der Waals surface area contributed by atoms with E-state index in [0.29, 0.717) is 11.2 Å². The summed E-state index contributed by atoms with van der Waals surface area (Å²) < 4.78 is 0. The molecular formula is C19H16N6O. The van der Waals surface area contributed by atoms with Crippen molar-refractivity contribution in [3.05, 3.63) is 60.8 Å². The zero-order chi connectivity index (χ0) is 18.1. The molecule has 0 unspecified atom stereocenters. The number of nitrogens with one attached hydrogen (secondary N) is 1. The summed E-state index contributed by atoms with van der Waals surface area (Å²) in [6.07, 6.45) is 6.69. The van der Waals surface area contributed by atoms with Crippen molar-refractivity contribution in [2.24, 2.45) is 0 Å². The van der Waals surface area contributed by atoms with E-state index in [4.69, 9.17) is 0 Å². The van der Waals surface area contributed by atoms with Gasteiger partial charge in [-0.25, -0.2) is 15.0 Å². The van der Waals surface area contributed by atoms with Gasteiger partial charge in [0.15, 0.2) is 5.65 Å². The second-order valence-electron chi connectivity index (χ2n) is 6.10. The quantitative estimate of drug-likeness (QED) is 0.617. The minimum absolute atomic E-state index is 0.0358. The number of aromatic amines is 1. The highest BCUT2D eigenvalue weighted by molar-refractivity contribution is 5.96. The van der Waals surface area contributed by atoms with Gasteiger partial charge in [-0.2, -0.15) is 5.10 Å². The molecule has 1 N–H and O–H groups in total. The molecule has 7 heteroatoms. The molecule has 4 rings (SSSR count). The molecule has 3 heterocycles. The molecule has 0 aliphatic carbocycles. The van der Waals surface area contributed by atoms with Gasteiger partial charge in [0.05, 0.1) is 5.69 Å². The third kappa shape index (κ3) is 2.79. The van der Waals surface area contributed by atoms with Crippen molar-refractivity contribution in [1.82, 2.24) is 30.0 Å². The van der Waals surface area contributed by atoms with Crippen LogP contribution in [-0.2, 0) is 0 Å². The van der Waals surface area contributed by atoms with Gasteiger partial charge in [-0.3, -0.25) is 9.89 Å². The lowest BCUT2D eigenvalue weighted by molar-refractivity contribution is 0.0827. The number of pyridine rings is 1. The maximum absolute atomic E-state index is 12.2. The number of hydrogen-bond acceptors (Lipinski definition) is 5. The van der Waals surface area contributed by atoms with Gasteiger partial charge in [-0.05, 0) is 23.8 Å². The molecule has 0 saturated heterocycles. The smallest absolute Gasteiger partial charge is 0.253 e. The van der Waals surface area contributed by atoms with Crippen molar-refractivity contribution in [3.63, 3.8) is 0 Å². The molecule has 1 aromatic carbocycles. The van der Waals surface area contributed by atoms with E-state index in [1.54, 1.807) is 37.6 Å². The monoisotopic (exact) mass is 344 g/mol. The van der Waals surface area contributed by atoms with Gasteiger partial charge < -0.3 is 4.90 Å². The van der Waals surface area contributed by atoms with Crippen molar-refractivity contribution in [3.8, 4) is 22.4 Å². The van der Waals surface area contributed by atoms with Gasteiger partial charge in [0.1, 0.15) is 6.33 Å². The average molecular weight is 344 g/mol. The van der Waals surface area contributed by atoms with Gasteiger partial charge in [-0.1, -0.05) is 12.1 Å². The minimum Gasteiger partial charge on any atom is -0.345 e. The summed E-state index contributed by atoms with van der Waals surface area (Å²) in [4.78, 5) is 26.3. The van der Waals surface area contributed by atoms with Gasteiger partial charge >= 0.3 is 0 Å². The molecular weight excluding hydrogens is 328 g/mol. The third-order valence-electron chi connectivity index (χ3n) is 4.11. The number of carbonyl (C=O) groups is 1. The first-order valence-corrected chi connectivity index (χ1v) is 8.05. The minimum atomic E-state index is -0.0358. The van der Waals surface area contributed by atoms with Crippen LogP contribution in [-0.4, -0.2) is 50.1 Å². The first-order chi connectivity index (χ1) is 12.6. The topological polar surface area (TPSA) is 87.7 Å². The van der Waals surface area contributed by atoms with E-state index in [-0.39, 0.29) is 5.91 Å². The van der Waals surface area contributed by atoms with Crippen molar-refractivity contribution < 1.29 is 4.79 Å². The third-order valence-corrected chi connectivity index (χ3v) is 4.11. The molecule has 0 spiro atoms. The van der Waals surface area contributed by atoms with Crippen LogP contribution in [0.15, 0.2) is 55.2 Å². The van der Waals surface area contributed by atoms with E-state index in [2.05, 4.69) is 25.1 Å². The Kier molecular flexibility index (Phi) is 3.89. The number of hydrogen-bond donors (Lipinski definition) is 1. The summed E-state index contributed by atoms with van der Waals surface area (Å²) in [7, 11) is 3.48. The van der Waals surface area contributed by atoms with Crippen LogP contribution in [0, 0.1) is 0 Å². The van der Waals surface area contributed by atoms with E-state index in [0.717, 1.165) is 27.8 Å². The Bertz CT molecular complexity index is 1090. The number of nitrogens with zero attached hydrogens (tertiary/aromatic N) is 5. The summed E-state index contributed by atoms with van der Waals surface area (Å²) in [5.41, 5.74) is 4.74. The number of amides is 1. The standard InChI is InChI=1S/C19H16N6O/c1-25(2)19(26)13-5-3-4-12(6-13)14-7-16-17(15-8-20-11-21-9-15)23-24-18(16)22-10-14/h3-11H,1-2H3,(H,22,23,24). The van der Waals surface area contributed by atoms with E-state index in [1.165, 1.54) is 6.33 Å². The van der Waals surface area contributed by atoms with E-state index >= 15 is 0 Å². The molecule has 0 radical (unpaired) electrons. The molecule has 1 amide bonds. The summed E-state index contributed by atoms with van der Waals surface area (Å²) in [6.45, 7) is 0. The van der Waals surface area contributed by atoms with Gasteiger partial charge in [0, 0.05) is 54.8 Å². The molecule has 4 aromatic rings. The van der Waals surface area contributed by atoms with Crippen LogP contribution in [0.3, 0.4) is 0 Å². The zero-order valence-electron chi connectivity index (χ0n) is 14.3. The van der Waals surface area contributed by atoms with Crippen LogP contribution < -0.4 is 0 Å². The lowest BCUT2D eigenvalue weighted by atomic mass is 10.0. The maximum Gasteiger partial charge on any atom is 0.253 e. The Hall–Kier alpha value is -3.61. The fourth-order valence-electron chi connectivity index (χ4n) is 2.80. The second kappa shape index (κ2) is 6.36. The molecule has 0 bridgehead atoms. The van der Waals surface area contributed by atoms with Crippen molar-refractivity contribution >= 4 is 16.9 Å². The first kappa shape index (κ1) is 15.9. The number of aromatic nitrogens is 5. The Labute approximate surface area is 149 Å². The van der Waals surface area contributed by atoms with Crippen LogP contribution in [0.1, 0.15) is 10.4 Å². The highest BCUT2D eigenvalue weighted by atomic mass is 16.2. The fraction of sp³-hybridized carbons (Fsp3) is 0.105. The molecule has 3 aromatic heterocycles. The van der Waals surface area contributed by atoms with E-state index in [1.807, 2.05) is 30.3 Å². The zero-order valence-corrected chi connectivity index (χ0v) is 14.3. The number of benzene rings is 1. The Morgan fingerprint density at radius 3 is 2.58 bits per heavy atom. The SMILES string of the molecule is CN(C)C(=O)c1cccc(-c2cnc3n[nH]c(-c4cncnc4)c3c2)c1. The van der Waals surface area contributed by atoms with Gasteiger partial charge in [0.2, 0.25) is 0 Å². The van der Waals surface area contributed by atoms with Gasteiger partial charge in [-0.15, -0.1) is 0 Å². The molecule has 0 aliphatic heterocycles. The lowest BCUT2D eigenvalue weighted by Gasteiger charge is -2.11. The summed E-state index contributed by atoms with van der Waals surface area (Å²) >= 11 is 0. The number of rotatable bonds is 3. The Morgan fingerprint density at radius 2 is 1.81 bits per heavy atom. The largest absolute Gasteiger partial charge is 0.345 e. The highest BCUT2D eigenvalue weighted by Gasteiger charge is 2.13. The van der Waals surface area contributed by atoms with Crippen LogP contribution in [0.25, 0.3) is 33.4 Å². The van der Waals surface area contributed by atoms with Gasteiger partial charge in [0.25, 0.3) is 5.91 Å². The van der Waals surface area contributed by atoms with Crippen molar-refractivity contribution in [1.29, 1.82) is 0 Å². The van der Waals surface area contributed by atoms with Crippen LogP contribution in [0.4, 0.5) is 0 Å². The molecule has 0 saturated carbocycles. The first-order valence-electron chi connectivity index (χ1n) is 8.05. The van der Waals surface area contributed by atoms with Crippen LogP contribution >= 0.6 is 0 Å². The Balaban J connectivity index is 1.81. The van der Waals surface area contributed by atoms with Crippen molar-refractivity contribution in [2.75, 3.05) is 14.1 Å². The van der Waals surface area contributed by atoms with E-state index < -0.39 is 0 Å². The molecule has 0 fully saturated rings. The lowest BCUT2D eigenvalue weighted by Crippen LogP contribution is -2.21. The predicted octanol–water partition coefficient (Wildman–Crippen LogP) is 2.78. The van der Waals surface area contributed by atoms with Crippen LogP contribution in [0.5, 0.6) is 0 Å². The van der Waals surface area contributed by atoms with E-state index in [9.17, 15) is 4.79 Å².